The first-order chi connectivity index (χ1) is 8.90. The quantitative estimate of drug-likeness (QED) is 0.759. The third-order valence-electron chi connectivity index (χ3n) is 4.14. The lowest BCUT2D eigenvalue weighted by Crippen LogP contribution is -2.47. The average Bonchev–Trinajstić information content (AvgIpc) is 2.45. The summed E-state index contributed by atoms with van der Waals surface area (Å²) in [6, 6.07) is 0.812. The van der Waals surface area contributed by atoms with Crippen LogP contribution >= 0.6 is 0 Å². The van der Waals surface area contributed by atoms with Crippen molar-refractivity contribution in [2.24, 2.45) is 0 Å². The lowest BCUT2D eigenvalue weighted by atomic mass is 10.0. The molecule has 4 heteroatoms. The molecule has 106 valence electrons. The van der Waals surface area contributed by atoms with Crippen LogP contribution in [0.4, 0.5) is 0 Å². The molecule has 18 heavy (non-hydrogen) atoms. The molecule has 4 nitrogen and oxygen atoms in total. The molecule has 2 aliphatic rings. The zero-order valence-corrected chi connectivity index (χ0v) is 11.9. The summed E-state index contributed by atoms with van der Waals surface area (Å²) in [5, 5.41) is 3.46. The van der Waals surface area contributed by atoms with E-state index in [4.69, 9.17) is 4.74 Å². The second kappa shape index (κ2) is 8.10. The molecule has 0 radical (unpaired) electrons. The number of nitrogens with one attached hydrogen (secondary N) is 1. The van der Waals surface area contributed by atoms with E-state index in [9.17, 15) is 0 Å². The SMILES string of the molecule is CCCN(CCN1CCOCC1)C1CCNCC1. The zero-order chi connectivity index (χ0) is 12.6. The van der Waals surface area contributed by atoms with Gasteiger partial charge in [0, 0.05) is 32.2 Å². The Labute approximate surface area is 112 Å². The molecular formula is C14H29N3O. The van der Waals surface area contributed by atoms with E-state index in [1.807, 2.05) is 0 Å². The Hall–Kier alpha value is -0.160. The van der Waals surface area contributed by atoms with Crippen molar-refractivity contribution in [2.75, 3.05) is 59.0 Å². The number of piperidine rings is 1. The Morgan fingerprint density at radius 1 is 1.17 bits per heavy atom. The minimum Gasteiger partial charge on any atom is -0.379 e. The van der Waals surface area contributed by atoms with Crippen LogP contribution in [0, 0.1) is 0 Å². The van der Waals surface area contributed by atoms with Gasteiger partial charge in [0.15, 0.2) is 0 Å². The van der Waals surface area contributed by atoms with Crippen LogP contribution in [-0.2, 0) is 4.74 Å². The van der Waals surface area contributed by atoms with E-state index < -0.39 is 0 Å². The Morgan fingerprint density at radius 3 is 2.56 bits per heavy atom. The zero-order valence-electron chi connectivity index (χ0n) is 11.9. The maximum Gasteiger partial charge on any atom is 0.0594 e. The molecule has 2 aliphatic heterocycles. The minimum atomic E-state index is 0.812. The van der Waals surface area contributed by atoms with Gasteiger partial charge >= 0.3 is 0 Å². The molecule has 1 N–H and O–H groups in total. The molecule has 0 aromatic heterocycles. The van der Waals surface area contributed by atoms with E-state index in [1.165, 1.54) is 52.0 Å². The molecule has 0 unspecified atom stereocenters. The Morgan fingerprint density at radius 2 is 1.89 bits per heavy atom. The van der Waals surface area contributed by atoms with Gasteiger partial charge in [-0.3, -0.25) is 9.80 Å². The molecule has 2 saturated heterocycles. The van der Waals surface area contributed by atoms with E-state index in [0.29, 0.717) is 0 Å². The van der Waals surface area contributed by atoms with Crippen molar-refractivity contribution in [3.05, 3.63) is 0 Å². The summed E-state index contributed by atoms with van der Waals surface area (Å²) in [7, 11) is 0. The van der Waals surface area contributed by atoms with Crippen molar-refractivity contribution in [1.29, 1.82) is 0 Å². The fraction of sp³-hybridized carbons (Fsp3) is 1.00. The van der Waals surface area contributed by atoms with Crippen molar-refractivity contribution < 1.29 is 4.74 Å². The molecule has 2 rings (SSSR count). The molecule has 0 saturated carbocycles. The van der Waals surface area contributed by atoms with E-state index >= 15 is 0 Å². The molecular weight excluding hydrogens is 226 g/mol. The fourth-order valence-corrected chi connectivity index (χ4v) is 3.03. The van der Waals surface area contributed by atoms with Gasteiger partial charge in [0.2, 0.25) is 0 Å². The van der Waals surface area contributed by atoms with Gasteiger partial charge in [-0.15, -0.1) is 0 Å². The van der Waals surface area contributed by atoms with Crippen molar-refractivity contribution >= 4 is 0 Å². The van der Waals surface area contributed by atoms with Crippen molar-refractivity contribution in [2.45, 2.75) is 32.2 Å². The molecule has 2 heterocycles. The van der Waals surface area contributed by atoms with Gasteiger partial charge in [-0.05, 0) is 38.9 Å². The average molecular weight is 255 g/mol. The number of ether oxygens (including phenoxy) is 1. The predicted octanol–water partition coefficient (Wildman–Crippen LogP) is 0.783. The normalized spacial score (nSPS) is 23.7. The topological polar surface area (TPSA) is 27.7 Å². The number of morpholine rings is 1. The van der Waals surface area contributed by atoms with Gasteiger partial charge in [-0.25, -0.2) is 0 Å². The maximum atomic E-state index is 5.41. The smallest absolute Gasteiger partial charge is 0.0594 e. The third kappa shape index (κ3) is 4.50. The van der Waals surface area contributed by atoms with E-state index in [1.54, 1.807) is 0 Å². The van der Waals surface area contributed by atoms with Gasteiger partial charge in [0.1, 0.15) is 0 Å². The Balaban J connectivity index is 1.73. The van der Waals surface area contributed by atoms with E-state index in [2.05, 4.69) is 22.0 Å². The van der Waals surface area contributed by atoms with Gasteiger partial charge in [-0.1, -0.05) is 6.92 Å². The highest BCUT2D eigenvalue weighted by atomic mass is 16.5. The molecule has 0 bridgehead atoms. The summed E-state index contributed by atoms with van der Waals surface area (Å²) in [6.45, 7) is 12.5. The molecule has 0 spiro atoms. The molecule has 2 fully saturated rings. The van der Waals surface area contributed by atoms with Gasteiger partial charge in [0.25, 0.3) is 0 Å². The van der Waals surface area contributed by atoms with Gasteiger partial charge < -0.3 is 10.1 Å². The molecule has 0 aromatic rings. The first-order valence-electron chi connectivity index (χ1n) is 7.65. The summed E-state index contributed by atoms with van der Waals surface area (Å²) < 4.78 is 5.41. The molecule has 0 atom stereocenters. The van der Waals surface area contributed by atoms with Crippen molar-refractivity contribution in [1.82, 2.24) is 15.1 Å². The van der Waals surface area contributed by atoms with E-state index in [0.717, 1.165) is 32.3 Å². The van der Waals surface area contributed by atoms with Crippen LogP contribution in [0.1, 0.15) is 26.2 Å². The van der Waals surface area contributed by atoms with Crippen LogP contribution in [-0.4, -0.2) is 74.9 Å². The second-order valence-corrected chi connectivity index (χ2v) is 5.47. The number of rotatable bonds is 6. The first-order valence-corrected chi connectivity index (χ1v) is 7.65. The number of hydrogen-bond acceptors (Lipinski definition) is 4. The summed E-state index contributed by atoms with van der Waals surface area (Å²) in [5.74, 6) is 0. The summed E-state index contributed by atoms with van der Waals surface area (Å²) in [6.07, 6.45) is 3.92. The summed E-state index contributed by atoms with van der Waals surface area (Å²) in [5.41, 5.74) is 0. The highest BCUT2D eigenvalue weighted by molar-refractivity contribution is 4.78. The highest BCUT2D eigenvalue weighted by Crippen LogP contribution is 2.12. The van der Waals surface area contributed by atoms with Crippen molar-refractivity contribution in [3.63, 3.8) is 0 Å². The highest BCUT2D eigenvalue weighted by Gasteiger charge is 2.21. The molecule has 0 aliphatic carbocycles. The first kappa shape index (κ1) is 14.3. The predicted molar refractivity (Wildman–Crippen MR) is 75.0 cm³/mol. The van der Waals surface area contributed by atoms with Gasteiger partial charge in [0.05, 0.1) is 13.2 Å². The second-order valence-electron chi connectivity index (χ2n) is 5.47. The van der Waals surface area contributed by atoms with Crippen LogP contribution < -0.4 is 5.32 Å². The van der Waals surface area contributed by atoms with Crippen LogP contribution in [0.5, 0.6) is 0 Å². The van der Waals surface area contributed by atoms with Crippen LogP contribution in [0.15, 0.2) is 0 Å². The fourth-order valence-electron chi connectivity index (χ4n) is 3.03. The Bertz CT molecular complexity index is 213. The summed E-state index contributed by atoms with van der Waals surface area (Å²) >= 11 is 0. The van der Waals surface area contributed by atoms with Crippen LogP contribution in [0.3, 0.4) is 0 Å². The van der Waals surface area contributed by atoms with Crippen LogP contribution in [0.25, 0.3) is 0 Å². The van der Waals surface area contributed by atoms with Gasteiger partial charge in [-0.2, -0.15) is 0 Å². The summed E-state index contributed by atoms with van der Waals surface area (Å²) in [4.78, 5) is 5.27. The maximum absolute atomic E-state index is 5.41. The third-order valence-corrected chi connectivity index (χ3v) is 4.14. The largest absolute Gasteiger partial charge is 0.379 e. The lowest BCUT2D eigenvalue weighted by molar-refractivity contribution is 0.0295. The standard InChI is InChI=1S/C14H29N3O/c1-2-7-17(14-3-5-15-6-4-14)9-8-16-10-12-18-13-11-16/h14-15H,2-13H2,1H3. The van der Waals surface area contributed by atoms with Crippen molar-refractivity contribution in [3.8, 4) is 0 Å². The monoisotopic (exact) mass is 255 g/mol. The number of nitrogens with zero attached hydrogens (tertiary/aromatic N) is 2. The molecule has 0 amide bonds. The van der Waals surface area contributed by atoms with E-state index in [-0.39, 0.29) is 0 Å². The Kier molecular flexibility index (Phi) is 6.41. The lowest BCUT2D eigenvalue weighted by Gasteiger charge is -2.36. The minimum absolute atomic E-state index is 0.812. The number of hydrogen-bond donors (Lipinski definition) is 1. The molecule has 0 aromatic carbocycles. The van der Waals surface area contributed by atoms with Crippen LogP contribution in [0.2, 0.25) is 0 Å².